The van der Waals surface area contributed by atoms with Crippen molar-refractivity contribution in [2.24, 2.45) is 0 Å². The van der Waals surface area contributed by atoms with Crippen LogP contribution in [-0.4, -0.2) is 40.4 Å². The lowest BCUT2D eigenvalue weighted by atomic mass is 10.0. The maximum atomic E-state index is 12.0. The first-order chi connectivity index (χ1) is 11.4. The van der Waals surface area contributed by atoms with Gasteiger partial charge in [0.2, 0.25) is 0 Å². The van der Waals surface area contributed by atoms with E-state index in [1.165, 1.54) is 30.1 Å². The lowest BCUT2D eigenvalue weighted by Gasteiger charge is -2.06. The fourth-order valence-corrected chi connectivity index (χ4v) is 1.65. The van der Waals surface area contributed by atoms with Gasteiger partial charge in [0, 0.05) is 36.9 Å². The van der Waals surface area contributed by atoms with Crippen LogP contribution in [0.5, 0.6) is 0 Å². The molecule has 0 aliphatic heterocycles. The van der Waals surface area contributed by atoms with Crippen LogP contribution in [0.15, 0.2) is 54.6 Å². The van der Waals surface area contributed by atoms with Gasteiger partial charge in [-0.25, -0.2) is 4.79 Å². The van der Waals surface area contributed by atoms with Crippen molar-refractivity contribution < 1.29 is 19.6 Å². The number of rotatable bonds is 4. The first-order valence-electron chi connectivity index (χ1n) is 7.15. The minimum absolute atomic E-state index is 0.0771. The Balaban J connectivity index is 0.000000351. The van der Waals surface area contributed by atoms with Gasteiger partial charge in [-0.15, -0.1) is 0 Å². The van der Waals surface area contributed by atoms with Gasteiger partial charge in [0.1, 0.15) is 0 Å². The number of carboxylic acid groups (broad SMARTS) is 1. The van der Waals surface area contributed by atoms with Crippen molar-refractivity contribution in [1.29, 1.82) is 0 Å². The number of carbonyl (C=O) groups excluding carboxylic acids is 1. The summed E-state index contributed by atoms with van der Waals surface area (Å²) in [4.78, 5) is 33.2. The molecule has 0 aliphatic rings. The van der Waals surface area contributed by atoms with E-state index in [0.29, 0.717) is 17.7 Å². The van der Waals surface area contributed by atoms with Crippen LogP contribution in [-0.2, 0) is 0 Å². The predicted molar refractivity (Wildman–Crippen MR) is 89.3 cm³/mol. The Labute approximate surface area is 139 Å². The monoisotopic (exact) mass is 330 g/mol. The summed E-state index contributed by atoms with van der Waals surface area (Å²) >= 11 is 0. The molecule has 0 fully saturated rings. The van der Waals surface area contributed by atoms with Crippen molar-refractivity contribution in [3.05, 3.63) is 75.8 Å². The Morgan fingerprint density at radius 1 is 1.08 bits per heavy atom. The van der Waals surface area contributed by atoms with Gasteiger partial charge in [-0.1, -0.05) is 42.5 Å². The largest absolute Gasteiger partial charge is 0.465 e. The molecule has 0 heterocycles. The smallest absolute Gasteiger partial charge is 0.407 e. The van der Waals surface area contributed by atoms with Gasteiger partial charge >= 0.3 is 6.09 Å². The van der Waals surface area contributed by atoms with E-state index in [-0.39, 0.29) is 11.5 Å². The van der Waals surface area contributed by atoms with Crippen molar-refractivity contribution in [3.63, 3.8) is 0 Å². The normalized spacial score (nSPS) is 9.42. The zero-order valence-electron chi connectivity index (χ0n) is 13.4. The zero-order chi connectivity index (χ0) is 18.1. The molecule has 7 heteroatoms. The molecule has 1 amide bonds. The Morgan fingerprint density at radius 3 is 2.12 bits per heavy atom. The van der Waals surface area contributed by atoms with E-state index in [2.05, 4.69) is 0 Å². The van der Waals surface area contributed by atoms with Crippen LogP contribution in [0, 0.1) is 10.1 Å². The molecular formula is C17H18N2O5. The molecule has 1 N–H and O–H groups in total. The molecule has 7 nitrogen and oxygen atoms in total. The van der Waals surface area contributed by atoms with Gasteiger partial charge < -0.3 is 10.0 Å². The first kappa shape index (κ1) is 18.8. The molecule has 0 unspecified atom stereocenters. The third kappa shape index (κ3) is 5.53. The third-order valence-corrected chi connectivity index (χ3v) is 3.16. The first-order valence-corrected chi connectivity index (χ1v) is 7.15. The average molecular weight is 330 g/mol. The van der Waals surface area contributed by atoms with E-state index in [1.54, 1.807) is 37.3 Å². The molecule has 2 rings (SSSR count). The molecule has 0 bridgehead atoms. The molecular weight excluding hydrogens is 312 g/mol. The molecule has 2 aromatic rings. The fraction of sp³-hybridized carbons (Fsp3) is 0.176. The van der Waals surface area contributed by atoms with Crippen LogP contribution >= 0.6 is 0 Å². The second-order valence-corrected chi connectivity index (χ2v) is 4.80. The highest BCUT2D eigenvalue weighted by Gasteiger charge is 2.12. The predicted octanol–water partition coefficient (Wildman–Crippen LogP) is 3.44. The molecule has 0 atom stereocenters. The Morgan fingerprint density at radius 2 is 1.67 bits per heavy atom. The zero-order valence-corrected chi connectivity index (χ0v) is 13.4. The van der Waals surface area contributed by atoms with Crippen LogP contribution in [0.4, 0.5) is 10.5 Å². The van der Waals surface area contributed by atoms with Crippen LogP contribution in [0.1, 0.15) is 22.8 Å². The summed E-state index contributed by atoms with van der Waals surface area (Å²) in [6, 6.07) is 14.4. The summed E-state index contributed by atoms with van der Waals surface area (Å²) in [6.07, 6.45) is -0.873. The highest BCUT2D eigenvalue weighted by atomic mass is 16.6. The quantitative estimate of drug-likeness (QED) is 0.526. The van der Waals surface area contributed by atoms with Crippen LogP contribution in [0.25, 0.3) is 0 Å². The van der Waals surface area contributed by atoms with Crippen LogP contribution in [0.3, 0.4) is 0 Å². The molecule has 2 aromatic carbocycles. The summed E-state index contributed by atoms with van der Waals surface area (Å²) in [5.74, 6) is -0.214. The SMILES string of the molecule is CCN(C)C(=O)O.O=C(c1ccccc1)c1cccc([N+](=O)[O-])c1. The van der Waals surface area contributed by atoms with Gasteiger partial charge in [-0.3, -0.25) is 14.9 Å². The number of amides is 1. The Kier molecular flexibility index (Phi) is 7.09. The van der Waals surface area contributed by atoms with Crippen molar-refractivity contribution in [2.75, 3.05) is 13.6 Å². The van der Waals surface area contributed by atoms with Crippen LogP contribution < -0.4 is 0 Å². The average Bonchev–Trinajstić information content (AvgIpc) is 2.61. The summed E-state index contributed by atoms with van der Waals surface area (Å²) in [5, 5.41) is 18.7. The van der Waals surface area contributed by atoms with Gasteiger partial charge in [0.15, 0.2) is 5.78 Å². The van der Waals surface area contributed by atoms with Crippen molar-refractivity contribution >= 4 is 17.6 Å². The maximum Gasteiger partial charge on any atom is 0.407 e. The van der Waals surface area contributed by atoms with E-state index in [9.17, 15) is 19.7 Å². The maximum absolute atomic E-state index is 12.0. The van der Waals surface area contributed by atoms with Gasteiger partial charge in [0.25, 0.3) is 5.69 Å². The molecule has 0 aromatic heterocycles. The molecule has 0 radical (unpaired) electrons. The number of benzene rings is 2. The molecule has 0 aliphatic carbocycles. The number of non-ortho nitro benzene ring substituents is 1. The number of nitro groups is 1. The number of hydrogen-bond acceptors (Lipinski definition) is 4. The minimum Gasteiger partial charge on any atom is -0.465 e. The number of nitrogens with zero attached hydrogens (tertiary/aromatic N) is 2. The van der Waals surface area contributed by atoms with Crippen molar-refractivity contribution in [1.82, 2.24) is 4.90 Å². The standard InChI is InChI=1S/C13H9NO3.C4H9NO2/c15-13(10-5-2-1-3-6-10)11-7-4-8-12(9-11)14(16)17;1-3-5(2)4(6)7/h1-9H;3H2,1-2H3,(H,6,7). The van der Waals surface area contributed by atoms with E-state index in [1.807, 2.05) is 6.07 Å². The van der Waals surface area contributed by atoms with E-state index in [4.69, 9.17) is 5.11 Å². The second-order valence-electron chi connectivity index (χ2n) is 4.80. The van der Waals surface area contributed by atoms with Gasteiger partial charge in [-0.2, -0.15) is 0 Å². The summed E-state index contributed by atoms with van der Waals surface area (Å²) in [7, 11) is 1.53. The van der Waals surface area contributed by atoms with E-state index in [0.717, 1.165) is 0 Å². The van der Waals surface area contributed by atoms with Gasteiger partial charge in [-0.05, 0) is 6.92 Å². The summed E-state index contributed by atoms with van der Waals surface area (Å²) in [6.45, 7) is 2.34. The topological polar surface area (TPSA) is 101 Å². The third-order valence-electron chi connectivity index (χ3n) is 3.16. The molecule has 0 spiro atoms. The molecule has 24 heavy (non-hydrogen) atoms. The summed E-state index contributed by atoms with van der Waals surface area (Å²) < 4.78 is 0. The number of nitro benzene ring substituents is 1. The number of hydrogen-bond donors (Lipinski definition) is 1. The highest BCUT2D eigenvalue weighted by molar-refractivity contribution is 6.09. The van der Waals surface area contributed by atoms with Crippen LogP contribution in [0.2, 0.25) is 0 Å². The lowest BCUT2D eigenvalue weighted by Crippen LogP contribution is -2.23. The minimum atomic E-state index is -0.873. The van der Waals surface area contributed by atoms with E-state index >= 15 is 0 Å². The molecule has 126 valence electrons. The Bertz CT molecular complexity index is 716. The lowest BCUT2D eigenvalue weighted by molar-refractivity contribution is -0.384. The second kappa shape index (κ2) is 9.04. The van der Waals surface area contributed by atoms with E-state index < -0.39 is 11.0 Å². The Hall–Kier alpha value is -3.22. The summed E-state index contributed by atoms with van der Waals surface area (Å²) in [5.41, 5.74) is 0.769. The number of carbonyl (C=O) groups is 2. The fourth-order valence-electron chi connectivity index (χ4n) is 1.65. The highest BCUT2D eigenvalue weighted by Crippen LogP contribution is 2.16. The van der Waals surface area contributed by atoms with Crippen molar-refractivity contribution in [3.8, 4) is 0 Å². The molecule has 0 saturated carbocycles. The number of ketones is 1. The van der Waals surface area contributed by atoms with Crippen molar-refractivity contribution in [2.45, 2.75) is 6.92 Å². The van der Waals surface area contributed by atoms with Gasteiger partial charge in [0.05, 0.1) is 4.92 Å². The molecule has 0 saturated heterocycles.